The highest BCUT2D eigenvalue weighted by Gasteiger charge is 2.21. The lowest BCUT2D eigenvalue weighted by atomic mass is 10.1. The first-order valence-corrected chi connectivity index (χ1v) is 7.13. The Labute approximate surface area is 120 Å². The summed E-state index contributed by atoms with van der Waals surface area (Å²) in [5.41, 5.74) is 9.87. The van der Waals surface area contributed by atoms with Gasteiger partial charge < -0.3 is 20.9 Å². The van der Waals surface area contributed by atoms with E-state index >= 15 is 0 Å². The SMILES string of the molecule is CCCN(CCN(C)C)c1cc2c(cc1N)CC(=O)N2. The number of hydrogen-bond acceptors (Lipinski definition) is 4. The van der Waals surface area contributed by atoms with Crippen LogP contribution in [0.25, 0.3) is 0 Å². The van der Waals surface area contributed by atoms with Crippen LogP contribution >= 0.6 is 0 Å². The Bertz CT molecular complexity index is 499. The molecule has 110 valence electrons. The molecule has 0 aliphatic carbocycles. The maximum absolute atomic E-state index is 11.5. The van der Waals surface area contributed by atoms with Crippen LogP contribution in [0.5, 0.6) is 0 Å². The zero-order valence-electron chi connectivity index (χ0n) is 12.6. The second-order valence-electron chi connectivity index (χ2n) is 5.58. The van der Waals surface area contributed by atoms with E-state index in [1.54, 1.807) is 0 Å². The molecule has 1 aromatic rings. The van der Waals surface area contributed by atoms with Crippen LogP contribution in [0, 0.1) is 0 Å². The maximum Gasteiger partial charge on any atom is 0.228 e. The van der Waals surface area contributed by atoms with E-state index < -0.39 is 0 Å². The summed E-state index contributed by atoms with van der Waals surface area (Å²) < 4.78 is 0. The molecule has 5 heteroatoms. The number of benzene rings is 1. The van der Waals surface area contributed by atoms with Gasteiger partial charge >= 0.3 is 0 Å². The van der Waals surface area contributed by atoms with Gasteiger partial charge in [0.25, 0.3) is 0 Å². The number of amides is 1. The number of carbonyl (C=O) groups excluding carboxylic acids is 1. The summed E-state index contributed by atoms with van der Waals surface area (Å²) in [7, 11) is 4.13. The maximum atomic E-state index is 11.5. The highest BCUT2D eigenvalue weighted by atomic mass is 16.1. The molecule has 1 amide bonds. The van der Waals surface area contributed by atoms with Gasteiger partial charge in [0, 0.05) is 25.3 Å². The summed E-state index contributed by atoms with van der Waals surface area (Å²) in [6, 6.07) is 3.95. The molecule has 0 fully saturated rings. The summed E-state index contributed by atoms with van der Waals surface area (Å²) in [6.07, 6.45) is 1.50. The largest absolute Gasteiger partial charge is 0.397 e. The summed E-state index contributed by atoms with van der Waals surface area (Å²) in [6.45, 7) is 5.03. The Kier molecular flexibility index (Phi) is 4.49. The van der Waals surface area contributed by atoms with E-state index in [1.807, 2.05) is 12.1 Å². The molecule has 0 atom stereocenters. The zero-order chi connectivity index (χ0) is 14.7. The quantitative estimate of drug-likeness (QED) is 0.774. The minimum atomic E-state index is 0.0480. The van der Waals surface area contributed by atoms with Crippen LogP contribution in [0.3, 0.4) is 0 Å². The molecule has 1 aromatic carbocycles. The van der Waals surface area contributed by atoms with E-state index in [0.29, 0.717) is 6.42 Å². The van der Waals surface area contributed by atoms with Gasteiger partial charge in [0.1, 0.15) is 0 Å². The molecule has 1 aliphatic rings. The van der Waals surface area contributed by atoms with Gasteiger partial charge in [0.15, 0.2) is 0 Å². The summed E-state index contributed by atoms with van der Waals surface area (Å²) in [5.74, 6) is 0.0480. The number of rotatable bonds is 6. The van der Waals surface area contributed by atoms with Crippen LogP contribution in [-0.4, -0.2) is 44.5 Å². The molecular weight excluding hydrogens is 252 g/mol. The standard InChI is InChI=1S/C15H24N4O/c1-4-5-19(7-6-18(2)3)14-10-13-11(8-12(14)16)9-15(20)17-13/h8,10H,4-7,9,16H2,1-3H3,(H,17,20). The van der Waals surface area contributed by atoms with Crippen molar-refractivity contribution in [1.29, 1.82) is 0 Å². The van der Waals surface area contributed by atoms with Crippen molar-refractivity contribution in [3.63, 3.8) is 0 Å². The van der Waals surface area contributed by atoms with Crippen LogP contribution in [0.4, 0.5) is 17.1 Å². The lowest BCUT2D eigenvalue weighted by molar-refractivity contribution is -0.115. The molecule has 0 saturated heterocycles. The van der Waals surface area contributed by atoms with Gasteiger partial charge in [-0.3, -0.25) is 4.79 Å². The summed E-state index contributed by atoms with van der Waals surface area (Å²) in [4.78, 5) is 15.9. The first-order valence-electron chi connectivity index (χ1n) is 7.13. The molecule has 0 radical (unpaired) electrons. The fourth-order valence-corrected chi connectivity index (χ4v) is 2.50. The molecule has 1 heterocycles. The van der Waals surface area contributed by atoms with E-state index in [4.69, 9.17) is 5.73 Å². The van der Waals surface area contributed by atoms with Gasteiger partial charge in [0.2, 0.25) is 5.91 Å². The molecule has 0 unspecified atom stereocenters. The fraction of sp³-hybridized carbons (Fsp3) is 0.533. The number of anilines is 3. The predicted molar refractivity (Wildman–Crippen MR) is 84.2 cm³/mol. The van der Waals surface area contributed by atoms with Crippen molar-refractivity contribution in [1.82, 2.24) is 4.90 Å². The third-order valence-corrected chi connectivity index (χ3v) is 3.53. The molecular formula is C15H24N4O. The van der Waals surface area contributed by atoms with E-state index in [0.717, 1.165) is 48.7 Å². The van der Waals surface area contributed by atoms with Crippen molar-refractivity contribution in [2.75, 3.05) is 49.7 Å². The van der Waals surface area contributed by atoms with Crippen LogP contribution in [0.15, 0.2) is 12.1 Å². The van der Waals surface area contributed by atoms with Crippen molar-refractivity contribution in [3.05, 3.63) is 17.7 Å². The molecule has 5 nitrogen and oxygen atoms in total. The average Bonchev–Trinajstić information content (AvgIpc) is 2.72. The minimum Gasteiger partial charge on any atom is -0.397 e. The number of nitrogen functional groups attached to an aromatic ring is 1. The highest BCUT2D eigenvalue weighted by Crippen LogP contribution is 2.33. The third kappa shape index (κ3) is 3.22. The van der Waals surface area contributed by atoms with Crippen molar-refractivity contribution >= 4 is 23.0 Å². The van der Waals surface area contributed by atoms with Gasteiger partial charge in [-0.05, 0) is 38.2 Å². The first-order chi connectivity index (χ1) is 9.51. The lowest BCUT2D eigenvalue weighted by Gasteiger charge is -2.27. The molecule has 3 N–H and O–H groups in total. The van der Waals surface area contributed by atoms with Crippen LogP contribution in [0.1, 0.15) is 18.9 Å². The lowest BCUT2D eigenvalue weighted by Crippen LogP contribution is -2.32. The minimum absolute atomic E-state index is 0.0480. The molecule has 0 saturated carbocycles. The van der Waals surface area contributed by atoms with Crippen molar-refractivity contribution in [2.45, 2.75) is 19.8 Å². The Hall–Kier alpha value is -1.75. The van der Waals surface area contributed by atoms with Crippen LogP contribution in [0.2, 0.25) is 0 Å². The predicted octanol–water partition coefficient (Wildman–Crippen LogP) is 1.54. The van der Waals surface area contributed by atoms with Gasteiger partial charge in [-0.25, -0.2) is 0 Å². The topological polar surface area (TPSA) is 61.6 Å². The third-order valence-electron chi connectivity index (χ3n) is 3.53. The zero-order valence-corrected chi connectivity index (χ0v) is 12.6. The highest BCUT2D eigenvalue weighted by molar-refractivity contribution is 6.00. The van der Waals surface area contributed by atoms with Gasteiger partial charge in [-0.15, -0.1) is 0 Å². The Morgan fingerprint density at radius 2 is 2.00 bits per heavy atom. The Morgan fingerprint density at radius 1 is 1.25 bits per heavy atom. The molecule has 2 rings (SSSR count). The van der Waals surface area contributed by atoms with Gasteiger partial charge in [0.05, 0.1) is 17.8 Å². The normalized spacial score (nSPS) is 13.5. The van der Waals surface area contributed by atoms with Gasteiger partial charge in [-0.2, -0.15) is 0 Å². The second kappa shape index (κ2) is 6.13. The van der Waals surface area contributed by atoms with Crippen molar-refractivity contribution in [3.8, 4) is 0 Å². The van der Waals surface area contributed by atoms with E-state index in [9.17, 15) is 4.79 Å². The molecule has 0 bridgehead atoms. The molecule has 20 heavy (non-hydrogen) atoms. The molecule has 1 aliphatic heterocycles. The number of carbonyl (C=O) groups is 1. The molecule has 0 aromatic heterocycles. The average molecular weight is 276 g/mol. The molecule has 0 spiro atoms. The van der Waals surface area contributed by atoms with Crippen LogP contribution < -0.4 is 16.0 Å². The Balaban J connectivity index is 2.24. The van der Waals surface area contributed by atoms with Crippen molar-refractivity contribution in [2.24, 2.45) is 0 Å². The number of nitrogens with one attached hydrogen (secondary N) is 1. The number of hydrogen-bond donors (Lipinski definition) is 2. The summed E-state index contributed by atoms with van der Waals surface area (Å²) in [5, 5.41) is 2.90. The monoisotopic (exact) mass is 276 g/mol. The van der Waals surface area contributed by atoms with E-state index in [2.05, 4.69) is 36.1 Å². The Morgan fingerprint density at radius 3 is 2.65 bits per heavy atom. The van der Waals surface area contributed by atoms with Gasteiger partial charge in [-0.1, -0.05) is 6.92 Å². The number of fused-ring (bicyclic) bond motifs is 1. The smallest absolute Gasteiger partial charge is 0.228 e. The van der Waals surface area contributed by atoms with Crippen molar-refractivity contribution < 1.29 is 4.79 Å². The van der Waals surface area contributed by atoms with E-state index in [-0.39, 0.29) is 5.91 Å². The fourth-order valence-electron chi connectivity index (χ4n) is 2.50. The number of likely N-dealkylation sites (N-methyl/N-ethyl adjacent to an activating group) is 1. The number of nitrogens with two attached hydrogens (primary N) is 1. The summed E-state index contributed by atoms with van der Waals surface area (Å²) >= 11 is 0. The van der Waals surface area contributed by atoms with E-state index in [1.165, 1.54) is 0 Å². The second-order valence-corrected chi connectivity index (χ2v) is 5.58. The van der Waals surface area contributed by atoms with Crippen LogP contribution in [-0.2, 0) is 11.2 Å². The number of nitrogens with zero attached hydrogens (tertiary/aromatic N) is 2. The first kappa shape index (κ1) is 14.7.